The Morgan fingerprint density at radius 1 is 1.22 bits per heavy atom. The number of likely N-dealkylation sites (tertiary alicyclic amines) is 1. The van der Waals surface area contributed by atoms with Gasteiger partial charge in [0, 0.05) is 25.0 Å². The van der Waals surface area contributed by atoms with E-state index in [0.29, 0.717) is 30.3 Å². The molecule has 3 unspecified atom stereocenters. The van der Waals surface area contributed by atoms with Crippen LogP contribution in [0, 0.1) is 5.92 Å². The standard InChI is InChI=1S/C14H26N2O.ClH/c1-11-5-3-6-12(2)16(10-11)14(17)9-13-7-4-8-15-13;/h11-13,15H,3-10H2,1-2H3;1H. The van der Waals surface area contributed by atoms with Gasteiger partial charge in [0.25, 0.3) is 0 Å². The molecule has 0 radical (unpaired) electrons. The van der Waals surface area contributed by atoms with Crippen molar-refractivity contribution < 1.29 is 4.79 Å². The van der Waals surface area contributed by atoms with E-state index >= 15 is 0 Å². The number of rotatable bonds is 2. The molecular weight excluding hydrogens is 248 g/mol. The number of halogens is 1. The lowest BCUT2D eigenvalue weighted by Crippen LogP contribution is -2.42. The Hall–Kier alpha value is -0.280. The van der Waals surface area contributed by atoms with Crippen LogP contribution in [-0.2, 0) is 4.79 Å². The van der Waals surface area contributed by atoms with Gasteiger partial charge >= 0.3 is 0 Å². The molecule has 3 nitrogen and oxygen atoms in total. The molecule has 2 aliphatic rings. The molecule has 0 saturated carbocycles. The van der Waals surface area contributed by atoms with Crippen molar-refractivity contribution in [2.45, 2.75) is 64.5 Å². The van der Waals surface area contributed by atoms with E-state index in [9.17, 15) is 4.79 Å². The molecule has 0 aromatic rings. The lowest BCUT2D eigenvalue weighted by Gasteiger charge is -2.29. The summed E-state index contributed by atoms with van der Waals surface area (Å²) in [7, 11) is 0. The number of nitrogens with zero attached hydrogens (tertiary/aromatic N) is 1. The largest absolute Gasteiger partial charge is 0.340 e. The number of hydrogen-bond acceptors (Lipinski definition) is 2. The first-order valence-corrected chi connectivity index (χ1v) is 7.19. The van der Waals surface area contributed by atoms with E-state index in [1.54, 1.807) is 0 Å². The minimum Gasteiger partial charge on any atom is -0.340 e. The van der Waals surface area contributed by atoms with Crippen LogP contribution in [0.2, 0.25) is 0 Å². The van der Waals surface area contributed by atoms with Crippen LogP contribution in [0.3, 0.4) is 0 Å². The van der Waals surface area contributed by atoms with Crippen molar-refractivity contribution in [3.05, 3.63) is 0 Å². The number of nitrogens with one attached hydrogen (secondary N) is 1. The molecule has 2 fully saturated rings. The summed E-state index contributed by atoms with van der Waals surface area (Å²) in [4.78, 5) is 14.5. The van der Waals surface area contributed by atoms with E-state index in [1.807, 2.05) is 0 Å². The highest BCUT2D eigenvalue weighted by molar-refractivity contribution is 5.85. The van der Waals surface area contributed by atoms with Crippen LogP contribution < -0.4 is 5.32 Å². The minimum absolute atomic E-state index is 0. The third-order valence-electron chi connectivity index (χ3n) is 4.26. The molecular formula is C14H27ClN2O. The summed E-state index contributed by atoms with van der Waals surface area (Å²) in [5, 5.41) is 3.42. The summed E-state index contributed by atoms with van der Waals surface area (Å²) in [6.45, 7) is 6.53. The molecule has 0 aliphatic carbocycles. The van der Waals surface area contributed by atoms with Crippen molar-refractivity contribution >= 4 is 18.3 Å². The predicted molar refractivity (Wildman–Crippen MR) is 77.1 cm³/mol. The SMILES string of the molecule is CC1CCCC(C)N(C(=O)CC2CCCN2)C1.Cl. The van der Waals surface area contributed by atoms with Crippen LogP contribution in [0.25, 0.3) is 0 Å². The highest BCUT2D eigenvalue weighted by Crippen LogP contribution is 2.22. The molecule has 106 valence electrons. The average molecular weight is 275 g/mol. The van der Waals surface area contributed by atoms with Crippen molar-refractivity contribution in [1.29, 1.82) is 0 Å². The Morgan fingerprint density at radius 3 is 2.67 bits per heavy atom. The monoisotopic (exact) mass is 274 g/mol. The van der Waals surface area contributed by atoms with E-state index in [0.717, 1.165) is 13.1 Å². The molecule has 0 aromatic carbocycles. The van der Waals surface area contributed by atoms with Gasteiger partial charge in [-0.3, -0.25) is 4.79 Å². The lowest BCUT2D eigenvalue weighted by atomic mass is 10.1. The van der Waals surface area contributed by atoms with Crippen LogP contribution in [0.1, 0.15) is 52.4 Å². The fraction of sp³-hybridized carbons (Fsp3) is 0.929. The van der Waals surface area contributed by atoms with E-state index in [4.69, 9.17) is 0 Å². The first kappa shape index (κ1) is 15.8. The van der Waals surface area contributed by atoms with Gasteiger partial charge in [-0.1, -0.05) is 13.3 Å². The van der Waals surface area contributed by atoms with Gasteiger partial charge in [0.15, 0.2) is 0 Å². The van der Waals surface area contributed by atoms with Gasteiger partial charge < -0.3 is 10.2 Å². The Labute approximate surface area is 117 Å². The van der Waals surface area contributed by atoms with E-state index < -0.39 is 0 Å². The molecule has 4 heteroatoms. The molecule has 2 aliphatic heterocycles. The van der Waals surface area contributed by atoms with Gasteiger partial charge in [-0.05, 0) is 45.1 Å². The van der Waals surface area contributed by atoms with E-state index in [2.05, 4.69) is 24.1 Å². The average Bonchev–Trinajstić information content (AvgIpc) is 2.72. The maximum atomic E-state index is 12.3. The Bertz CT molecular complexity index is 267. The third-order valence-corrected chi connectivity index (χ3v) is 4.26. The molecule has 2 heterocycles. The topological polar surface area (TPSA) is 32.3 Å². The highest BCUT2D eigenvalue weighted by atomic mass is 35.5. The second kappa shape index (κ2) is 7.34. The fourth-order valence-corrected chi connectivity index (χ4v) is 3.13. The molecule has 0 bridgehead atoms. The zero-order chi connectivity index (χ0) is 12.3. The second-order valence-electron chi connectivity index (χ2n) is 5.93. The smallest absolute Gasteiger partial charge is 0.224 e. The molecule has 0 aromatic heterocycles. The number of carbonyl (C=O) groups is 1. The van der Waals surface area contributed by atoms with Gasteiger partial charge in [0.1, 0.15) is 0 Å². The zero-order valence-electron chi connectivity index (χ0n) is 11.7. The second-order valence-corrected chi connectivity index (χ2v) is 5.93. The van der Waals surface area contributed by atoms with Crippen LogP contribution in [0.5, 0.6) is 0 Å². The maximum absolute atomic E-state index is 12.3. The molecule has 2 rings (SSSR count). The Balaban J connectivity index is 0.00000162. The van der Waals surface area contributed by atoms with Crippen LogP contribution in [0.4, 0.5) is 0 Å². The summed E-state index contributed by atoms with van der Waals surface area (Å²) >= 11 is 0. The molecule has 0 spiro atoms. The van der Waals surface area contributed by atoms with Crippen LogP contribution >= 0.6 is 12.4 Å². The van der Waals surface area contributed by atoms with Crippen molar-refractivity contribution in [2.75, 3.05) is 13.1 Å². The van der Waals surface area contributed by atoms with E-state index in [-0.39, 0.29) is 12.4 Å². The summed E-state index contributed by atoms with van der Waals surface area (Å²) in [6.07, 6.45) is 6.82. The molecule has 2 saturated heterocycles. The van der Waals surface area contributed by atoms with E-state index in [1.165, 1.54) is 32.1 Å². The summed E-state index contributed by atoms with van der Waals surface area (Å²) < 4.78 is 0. The molecule has 1 N–H and O–H groups in total. The highest BCUT2D eigenvalue weighted by Gasteiger charge is 2.27. The van der Waals surface area contributed by atoms with Crippen LogP contribution in [0.15, 0.2) is 0 Å². The zero-order valence-corrected chi connectivity index (χ0v) is 12.5. The van der Waals surface area contributed by atoms with Gasteiger partial charge in [-0.15, -0.1) is 12.4 Å². The van der Waals surface area contributed by atoms with Gasteiger partial charge in [0.05, 0.1) is 0 Å². The number of hydrogen-bond donors (Lipinski definition) is 1. The first-order chi connectivity index (χ1) is 8.16. The maximum Gasteiger partial charge on any atom is 0.224 e. The van der Waals surface area contributed by atoms with Crippen molar-refractivity contribution in [3.63, 3.8) is 0 Å². The summed E-state index contributed by atoms with van der Waals surface area (Å²) in [6, 6.07) is 0.877. The Morgan fingerprint density at radius 2 is 2.00 bits per heavy atom. The number of carbonyl (C=O) groups excluding carboxylic acids is 1. The third kappa shape index (κ3) is 4.13. The van der Waals surface area contributed by atoms with Crippen molar-refractivity contribution in [2.24, 2.45) is 5.92 Å². The first-order valence-electron chi connectivity index (χ1n) is 7.19. The van der Waals surface area contributed by atoms with Crippen molar-refractivity contribution in [1.82, 2.24) is 10.2 Å². The predicted octanol–water partition coefficient (Wildman–Crippen LogP) is 2.59. The minimum atomic E-state index is 0. The molecule has 1 amide bonds. The molecule has 3 atom stereocenters. The number of amides is 1. The van der Waals surface area contributed by atoms with Crippen molar-refractivity contribution in [3.8, 4) is 0 Å². The normalized spacial score (nSPS) is 32.8. The summed E-state index contributed by atoms with van der Waals surface area (Å²) in [5.74, 6) is 1.03. The van der Waals surface area contributed by atoms with Gasteiger partial charge in [0.2, 0.25) is 5.91 Å². The fourth-order valence-electron chi connectivity index (χ4n) is 3.13. The molecule has 18 heavy (non-hydrogen) atoms. The van der Waals surface area contributed by atoms with Gasteiger partial charge in [-0.25, -0.2) is 0 Å². The summed E-state index contributed by atoms with van der Waals surface area (Å²) in [5.41, 5.74) is 0. The quantitative estimate of drug-likeness (QED) is 0.839. The lowest BCUT2D eigenvalue weighted by molar-refractivity contribution is -0.134. The van der Waals surface area contributed by atoms with Crippen LogP contribution in [-0.4, -0.2) is 36.0 Å². The van der Waals surface area contributed by atoms with Gasteiger partial charge in [-0.2, -0.15) is 0 Å². The Kier molecular flexibility index (Phi) is 6.44.